The van der Waals surface area contributed by atoms with Gasteiger partial charge in [-0.25, -0.2) is 4.79 Å². The Morgan fingerprint density at radius 3 is 2.59 bits per heavy atom. The molecule has 0 radical (unpaired) electrons. The molecule has 1 aromatic rings. The van der Waals surface area contributed by atoms with Crippen LogP contribution in [0, 0.1) is 5.41 Å². The number of nitrogens with one attached hydrogen (secondary N) is 1. The van der Waals surface area contributed by atoms with Crippen LogP contribution in [0.15, 0.2) is 18.5 Å². The number of aromatic carboxylic acids is 1. The fraction of sp³-hybridized carbons (Fsp3) is 0.636. The Morgan fingerprint density at radius 2 is 2.00 bits per heavy atom. The molecule has 0 spiro atoms. The molecule has 2 saturated heterocycles. The molecule has 0 aromatic carbocycles. The number of primary amides is 1. The maximum absolute atomic E-state index is 13.4. The highest BCUT2D eigenvalue weighted by Crippen LogP contribution is 2.32. The van der Waals surface area contributed by atoms with Gasteiger partial charge >= 0.3 is 5.97 Å². The number of ether oxygens (including phenoxy) is 1. The topological polar surface area (TPSA) is 144 Å². The molecule has 10 nitrogen and oxygen atoms in total. The molecule has 4 N–H and O–H groups in total. The summed E-state index contributed by atoms with van der Waals surface area (Å²) in [5.74, 6) is -2.20. The molecule has 3 unspecified atom stereocenters. The third-order valence-electron chi connectivity index (χ3n) is 6.12. The Bertz CT molecular complexity index is 874. The number of ketones is 1. The van der Waals surface area contributed by atoms with E-state index in [-0.39, 0.29) is 30.8 Å². The van der Waals surface area contributed by atoms with Crippen molar-refractivity contribution < 1.29 is 29.0 Å². The quantitative estimate of drug-likeness (QED) is 0.474. The minimum atomic E-state index is -1.11. The van der Waals surface area contributed by atoms with E-state index in [1.165, 1.54) is 23.0 Å². The number of Topliss-reactive ketones (excluding diaryl/α,β-unsaturated/α-hetero) is 1. The molecule has 0 saturated carbocycles. The van der Waals surface area contributed by atoms with Gasteiger partial charge in [0.05, 0.1) is 11.7 Å². The first kappa shape index (κ1) is 23.9. The molecular weight excluding hydrogens is 416 g/mol. The third kappa shape index (κ3) is 5.95. The van der Waals surface area contributed by atoms with Gasteiger partial charge in [-0.3, -0.25) is 14.4 Å². The van der Waals surface area contributed by atoms with Crippen LogP contribution in [-0.2, 0) is 19.1 Å². The van der Waals surface area contributed by atoms with E-state index in [0.29, 0.717) is 6.54 Å². The minimum Gasteiger partial charge on any atom is -0.478 e. The van der Waals surface area contributed by atoms with Crippen LogP contribution in [0.25, 0.3) is 0 Å². The second kappa shape index (κ2) is 9.83. The monoisotopic (exact) mass is 448 g/mol. The van der Waals surface area contributed by atoms with E-state index in [9.17, 15) is 24.3 Å². The van der Waals surface area contributed by atoms with Gasteiger partial charge in [-0.15, -0.1) is 0 Å². The summed E-state index contributed by atoms with van der Waals surface area (Å²) in [6.45, 7) is 6.05. The van der Waals surface area contributed by atoms with Crippen molar-refractivity contribution in [3.8, 4) is 0 Å². The zero-order valence-corrected chi connectivity index (χ0v) is 18.6. The number of carboxylic acids is 1. The van der Waals surface area contributed by atoms with Crippen molar-refractivity contribution in [1.82, 2.24) is 14.8 Å². The van der Waals surface area contributed by atoms with Gasteiger partial charge in [0.25, 0.3) is 0 Å². The highest BCUT2D eigenvalue weighted by molar-refractivity contribution is 5.93. The van der Waals surface area contributed by atoms with Crippen molar-refractivity contribution in [2.24, 2.45) is 11.1 Å². The maximum atomic E-state index is 13.4. The van der Waals surface area contributed by atoms with Crippen LogP contribution in [0.3, 0.4) is 0 Å². The van der Waals surface area contributed by atoms with Crippen molar-refractivity contribution in [3.05, 3.63) is 24.0 Å². The number of hydrogen-bond acceptors (Lipinski definition) is 6. The van der Waals surface area contributed by atoms with Crippen LogP contribution >= 0.6 is 0 Å². The van der Waals surface area contributed by atoms with Gasteiger partial charge < -0.3 is 30.4 Å². The molecule has 3 heterocycles. The fourth-order valence-electron chi connectivity index (χ4n) is 4.52. The van der Waals surface area contributed by atoms with Gasteiger partial charge in [-0.1, -0.05) is 13.8 Å². The predicted octanol–water partition coefficient (Wildman–Crippen LogP) is 0.568. The van der Waals surface area contributed by atoms with E-state index in [1.807, 2.05) is 13.8 Å². The van der Waals surface area contributed by atoms with Gasteiger partial charge in [0.1, 0.15) is 18.7 Å². The van der Waals surface area contributed by atoms with Crippen LogP contribution in [0.5, 0.6) is 0 Å². The van der Waals surface area contributed by atoms with Crippen LogP contribution in [-0.4, -0.2) is 76.5 Å². The zero-order valence-electron chi connectivity index (χ0n) is 18.6. The summed E-state index contributed by atoms with van der Waals surface area (Å²) in [6, 6.07) is -0.179. The van der Waals surface area contributed by atoms with E-state index in [1.54, 1.807) is 0 Å². The lowest BCUT2D eigenvalue weighted by Gasteiger charge is -2.30. The van der Waals surface area contributed by atoms with Gasteiger partial charge in [0, 0.05) is 25.4 Å². The number of nitrogens with two attached hydrogens (primary N) is 1. The summed E-state index contributed by atoms with van der Waals surface area (Å²) >= 11 is 0. The average Bonchev–Trinajstić information content (AvgIpc) is 3.43. The molecule has 2 aliphatic heterocycles. The third-order valence-corrected chi connectivity index (χ3v) is 6.12. The number of hydrogen-bond donors (Lipinski definition) is 3. The smallest absolute Gasteiger partial charge is 0.337 e. The average molecular weight is 449 g/mol. The first-order valence-corrected chi connectivity index (χ1v) is 10.9. The Balaban J connectivity index is 1.79. The molecule has 3 atom stereocenters. The number of rotatable bonds is 10. The summed E-state index contributed by atoms with van der Waals surface area (Å²) < 4.78 is 7.17. The zero-order chi connectivity index (χ0) is 23.5. The number of aromatic nitrogens is 1. The number of carbonyl (C=O) groups excluding carboxylic acids is 3. The van der Waals surface area contributed by atoms with E-state index in [2.05, 4.69) is 10.2 Å². The molecule has 2 aliphatic rings. The first-order chi connectivity index (χ1) is 15.1. The summed E-state index contributed by atoms with van der Waals surface area (Å²) in [7, 11) is 0. The lowest BCUT2D eigenvalue weighted by Crippen LogP contribution is -2.50. The van der Waals surface area contributed by atoms with E-state index in [4.69, 9.17) is 10.5 Å². The van der Waals surface area contributed by atoms with Crippen LogP contribution in [0.2, 0.25) is 0 Å². The highest BCUT2D eigenvalue weighted by Gasteiger charge is 2.40. The number of amides is 2. The summed E-state index contributed by atoms with van der Waals surface area (Å²) in [4.78, 5) is 50.9. The Kier molecular flexibility index (Phi) is 7.35. The van der Waals surface area contributed by atoms with E-state index >= 15 is 0 Å². The SMILES string of the molecule is CC(C)(CC(N)=O)CC(C(=O)NC1C(=O)COC1CN1CCCC1)n1ccc(C(=O)O)c1. The van der Waals surface area contributed by atoms with Crippen molar-refractivity contribution in [2.75, 3.05) is 26.2 Å². The van der Waals surface area contributed by atoms with Crippen LogP contribution < -0.4 is 11.1 Å². The Morgan fingerprint density at radius 1 is 1.31 bits per heavy atom. The summed E-state index contributed by atoms with van der Waals surface area (Å²) in [5, 5.41) is 12.1. The molecule has 32 heavy (non-hydrogen) atoms. The molecule has 176 valence electrons. The van der Waals surface area contributed by atoms with E-state index < -0.39 is 41.4 Å². The molecular formula is C22H32N4O6. The lowest BCUT2D eigenvalue weighted by atomic mass is 9.82. The molecule has 3 rings (SSSR count). The number of carboxylic acid groups (broad SMARTS) is 1. The van der Waals surface area contributed by atoms with Crippen LogP contribution in [0.4, 0.5) is 0 Å². The largest absolute Gasteiger partial charge is 0.478 e. The van der Waals surface area contributed by atoms with Crippen molar-refractivity contribution in [1.29, 1.82) is 0 Å². The molecule has 2 fully saturated rings. The molecule has 10 heteroatoms. The maximum Gasteiger partial charge on any atom is 0.337 e. The lowest BCUT2D eigenvalue weighted by molar-refractivity contribution is -0.130. The van der Waals surface area contributed by atoms with Gasteiger partial charge in [0.2, 0.25) is 11.8 Å². The van der Waals surface area contributed by atoms with Crippen molar-refractivity contribution >= 4 is 23.6 Å². The molecule has 1 aromatic heterocycles. The molecule has 0 aliphatic carbocycles. The molecule has 0 bridgehead atoms. The predicted molar refractivity (Wildman–Crippen MR) is 115 cm³/mol. The fourth-order valence-corrected chi connectivity index (χ4v) is 4.52. The highest BCUT2D eigenvalue weighted by atomic mass is 16.5. The van der Waals surface area contributed by atoms with Gasteiger partial charge in [0.15, 0.2) is 5.78 Å². The summed E-state index contributed by atoms with van der Waals surface area (Å²) in [6.07, 6.45) is 4.97. The number of carbonyl (C=O) groups is 4. The number of likely N-dealkylation sites (tertiary alicyclic amines) is 1. The van der Waals surface area contributed by atoms with Crippen molar-refractivity contribution in [3.63, 3.8) is 0 Å². The second-order valence-electron chi connectivity index (χ2n) is 9.49. The van der Waals surface area contributed by atoms with Crippen LogP contribution in [0.1, 0.15) is 55.9 Å². The normalized spacial score (nSPS) is 22.8. The Hall–Kier alpha value is -2.72. The minimum absolute atomic E-state index is 0.0442. The van der Waals surface area contributed by atoms with Crippen molar-refractivity contribution in [2.45, 2.75) is 57.7 Å². The van der Waals surface area contributed by atoms with Gasteiger partial charge in [-0.2, -0.15) is 0 Å². The summed E-state index contributed by atoms with van der Waals surface area (Å²) in [5.41, 5.74) is 4.80. The standard InChI is InChI=1S/C22H32N4O6/c1-22(2,10-18(23)28)9-15(26-8-5-14(11-26)21(30)31)20(29)24-19-16(27)13-32-17(19)12-25-6-3-4-7-25/h5,8,11,15,17,19H,3-4,6-7,9-10,12-13H2,1-2H3,(H2,23,28)(H,24,29)(H,30,31). The van der Waals surface area contributed by atoms with E-state index in [0.717, 1.165) is 25.9 Å². The molecule has 2 amide bonds. The first-order valence-electron chi connectivity index (χ1n) is 10.9. The Labute approximate surface area is 187 Å². The second-order valence-corrected chi connectivity index (χ2v) is 9.49. The number of nitrogens with zero attached hydrogens (tertiary/aromatic N) is 2. The van der Waals surface area contributed by atoms with Gasteiger partial charge in [-0.05, 0) is 43.8 Å².